The fourth-order valence-electron chi connectivity index (χ4n) is 3.74. The molecular formula is C24H19N4O2. The van der Waals surface area contributed by atoms with E-state index in [1.807, 2.05) is 54.6 Å². The Morgan fingerprint density at radius 3 is 2.83 bits per heavy atom. The van der Waals surface area contributed by atoms with Crippen LogP contribution in [-0.4, -0.2) is 22.4 Å². The van der Waals surface area contributed by atoms with E-state index < -0.39 is 5.91 Å². The van der Waals surface area contributed by atoms with Crippen molar-refractivity contribution in [2.24, 2.45) is 5.73 Å². The highest BCUT2D eigenvalue weighted by Crippen LogP contribution is 2.38. The number of benzene rings is 3. The Hall–Kier alpha value is -3.93. The Balaban J connectivity index is 1.47. The molecule has 147 valence electrons. The molecule has 0 fully saturated rings. The average molecular weight is 395 g/mol. The number of aromatic nitrogens is 2. The van der Waals surface area contributed by atoms with Crippen LogP contribution < -0.4 is 15.4 Å². The molecule has 30 heavy (non-hydrogen) atoms. The second kappa shape index (κ2) is 7.48. The molecule has 1 aromatic heterocycles. The van der Waals surface area contributed by atoms with Gasteiger partial charge < -0.3 is 15.4 Å². The van der Waals surface area contributed by atoms with Crippen molar-refractivity contribution in [3.05, 3.63) is 89.7 Å². The summed E-state index contributed by atoms with van der Waals surface area (Å²) < 4.78 is 5.97. The number of primary amides is 1. The fraction of sp³-hybridized carbons (Fsp3) is 0.125. The summed E-state index contributed by atoms with van der Waals surface area (Å²) in [5.41, 5.74) is 9.48. The van der Waals surface area contributed by atoms with Crippen molar-refractivity contribution >= 4 is 28.3 Å². The van der Waals surface area contributed by atoms with Gasteiger partial charge in [0.2, 0.25) is 5.82 Å². The number of amides is 1. The molecule has 0 unspecified atom stereocenters. The molecule has 2 N–H and O–H groups in total. The summed E-state index contributed by atoms with van der Waals surface area (Å²) in [6, 6.07) is 24.6. The molecule has 1 amide bonds. The molecule has 4 aromatic rings. The van der Waals surface area contributed by atoms with Crippen LogP contribution >= 0.6 is 0 Å². The smallest absolute Gasteiger partial charge is 0.286 e. The van der Waals surface area contributed by atoms with Gasteiger partial charge in [-0.1, -0.05) is 36.4 Å². The molecule has 0 aliphatic carbocycles. The van der Waals surface area contributed by atoms with Crippen molar-refractivity contribution in [1.29, 1.82) is 0 Å². The minimum Gasteiger partial charge on any atom is -0.489 e. The van der Waals surface area contributed by atoms with Crippen LogP contribution in [0.1, 0.15) is 21.7 Å². The number of nitrogens with zero attached hydrogens (tertiary/aromatic N) is 3. The summed E-state index contributed by atoms with van der Waals surface area (Å²) >= 11 is 0. The number of anilines is 2. The first-order chi connectivity index (χ1) is 14.7. The van der Waals surface area contributed by atoms with E-state index in [1.165, 1.54) is 5.56 Å². The highest BCUT2D eigenvalue weighted by Gasteiger charge is 2.25. The summed E-state index contributed by atoms with van der Waals surface area (Å²) in [5, 5.41) is 0.833. The van der Waals surface area contributed by atoms with Crippen LogP contribution in [0.3, 0.4) is 0 Å². The molecule has 2 heterocycles. The lowest BCUT2D eigenvalue weighted by atomic mass is 10.1. The zero-order valence-electron chi connectivity index (χ0n) is 16.2. The van der Waals surface area contributed by atoms with Gasteiger partial charge in [-0.3, -0.25) is 4.79 Å². The minimum atomic E-state index is -0.643. The Kier molecular flexibility index (Phi) is 4.52. The van der Waals surface area contributed by atoms with Crippen LogP contribution in [0.2, 0.25) is 0 Å². The van der Waals surface area contributed by atoms with Gasteiger partial charge in [-0.25, -0.2) is 9.97 Å². The largest absolute Gasteiger partial charge is 0.489 e. The van der Waals surface area contributed by atoms with Crippen LogP contribution in [0, 0.1) is 6.07 Å². The van der Waals surface area contributed by atoms with Crippen molar-refractivity contribution in [3.63, 3.8) is 0 Å². The molecule has 6 heteroatoms. The number of hydrogen-bond donors (Lipinski definition) is 1. The summed E-state index contributed by atoms with van der Waals surface area (Å²) in [4.78, 5) is 22.6. The number of rotatable bonds is 5. The molecule has 3 aromatic carbocycles. The lowest BCUT2D eigenvalue weighted by Gasteiger charge is -2.20. The van der Waals surface area contributed by atoms with E-state index in [4.69, 9.17) is 10.5 Å². The third kappa shape index (κ3) is 3.33. The fourth-order valence-corrected chi connectivity index (χ4v) is 3.74. The number of carbonyl (C=O) groups excluding carboxylic acids is 1. The quantitative estimate of drug-likeness (QED) is 0.556. The second-order valence-corrected chi connectivity index (χ2v) is 7.14. The Labute approximate surface area is 173 Å². The predicted octanol–water partition coefficient (Wildman–Crippen LogP) is 3.80. The molecule has 0 saturated carbocycles. The average Bonchev–Trinajstić information content (AvgIpc) is 3.20. The van der Waals surface area contributed by atoms with Gasteiger partial charge in [-0.15, -0.1) is 0 Å². The van der Waals surface area contributed by atoms with E-state index in [9.17, 15) is 4.79 Å². The molecule has 1 radical (unpaired) electrons. The minimum absolute atomic E-state index is 0.0139. The Morgan fingerprint density at radius 2 is 2.00 bits per heavy atom. The monoisotopic (exact) mass is 395 g/mol. The van der Waals surface area contributed by atoms with Crippen LogP contribution in [0.5, 0.6) is 5.75 Å². The van der Waals surface area contributed by atoms with E-state index in [0.29, 0.717) is 17.9 Å². The van der Waals surface area contributed by atoms with Crippen molar-refractivity contribution in [1.82, 2.24) is 9.97 Å². The first kappa shape index (κ1) is 18.1. The van der Waals surface area contributed by atoms with Gasteiger partial charge in [0.05, 0.1) is 5.52 Å². The van der Waals surface area contributed by atoms with Gasteiger partial charge in [0.15, 0.2) is 0 Å². The van der Waals surface area contributed by atoms with Gasteiger partial charge in [0, 0.05) is 17.6 Å². The molecule has 6 nitrogen and oxygen atoms in total. The number of nitrogens with two attached hydrogens (primary N) is 1. The molecule has 0 atom stereocenters. The molecule has 0 spiro atoms. The summed E-state index contributed by atoms with van der Waals surface area (Å²) in [6.07, 6.45) is 0.853. The number of fused-ring (bicyclic) bond motifs is 2. The van der Waals surface area contributed by atoms with Gasteiger partial charge in [0.25, 0.3) is 5.91 Å². The molecule has 1 aliphatic rings. The molecule has 0 saturated heterocycles. The SMILES string of the molecule is NC(=O)c1nc(N2CCc3cc(OCc4ccccc4)ccc32)c2c[c]ccc2n1. The van der Waals surface area contributed by atoms with Crippen molar-refractivity contribution in [2.75, 3.05) is 11.4 Å². The van der Waals surface area contributed by atoms with E-state index in [2.05, 4.69) is 27.0 Å². The van der Waals surface area contributed by atoms with Gasteiger partial charge >= 0.3 is 0 Å². The molecule has 1 aliphatic heterocycles. The van der Waals surface area contributed by atoms with Gasteiger partial charge in [0.1, 0.15) is 18.2 Å². The maximum absolute atomic E-state index is 11.7. The van der Waals surface area contributed by atoms with Crippen LogP contribution in [0.25, 0.3) is 10.9 Å². The number of hydrogen-bond acceptors (Lipinski definition) is 5. The summed E-state index contributed by atoms with van der Waals surface area (Å²) in [6.45, 7) is 1.27. The summed E-state index contributed by atoms with van der Waals surface area (Å²) in [5.74, 6) is 0.871. The first-order valence-electron chi connectivity index (χ1n) is 9.74. The van der Waals surface area contributed by atoms with Gasteiger partial charge in [-0.2, -0.15) is 0 Å². The normalized spacial score (nSPS) is 12.7. The summed E-state index contributed by atoms with van der Waals surface area (Å²) in [7, 11) is 0. The highest BCUT2D eigenvalue weighted by molar-refractivity contribution is 5.97. The topological polar surface area (TPSA) is 81.3 Å². The van der Waals surface area contributed by atoms with Crippen molar-refractivity contribution < 1.29 is 9.53 Å². The molecule has 0 bridgehead atoms. The lowest BCUT2D eigenvalue weighted by Crippen LogP contribution is -2.20. The van der Waals surface area contributed by atoms with Crippen molar-refractivity contribution in [3.8, 4) is 5.75 Å². The lowest BCUT2D eigenvalue weighted by molar-refractivity contribution is 0.0991. The van der Waals surface area contributed by atoms with Crippen LogP contribution in [-0.2, 0) is 13.0 Å². The highest BCUT2D eigenvalue weighted by atomic mass is 16.5. The first-order valence-corrected chi connectivity index (χ1v) is 9.74. The van der Waals surface area contributed by atoms with Crippen LogP contribution in [0.15, 0.2) is 66.7 Å². The van der Waals surface area contributed by atoms with Crippen LogP contribution in [0.4, 0.5) is 11.5 Å². The maximum atomic E-state index is 11.7. The molecular weight excluding hydrogens is 376 g/mol. The van der Waals surface area contributed by atoms with Gasteiger partial charge in [-0.05, 0) is 53.9 Å². The Morgan fingerprint density at radius 1 is 1.13 bits per heavy atom. The zero-order chi connectivity index (χ0) is 20.5. The standard InChI is InChI=1S/C24H19N4O2/c25-22(29)23-26-20-9-5-4-8-19(20)24(27-23)28-13-12-17-14-18(10-11-21(17)28)30-15-16-6-2-1-3-7-16/h1-3,5-11,14H,12-13,15H2,(H2,25,29). The second-order valence-electron chi connectivity index (χ2n) is 7.14. The van der Waals surface area contributed by atoms with E-state index in [-0.39, 0.29) is 5.82 Å². The number of ether oxygens (including phenoxy) is 1. The van der Waals surface area contributed by atoms with E-state index >= 15 is 0 Å². The van der Waals surface area contributed by atoms with Crippen molar-refractivity contribution in [2.45, 2.75) is 13.0 Å². The molecule has 5 rings (SSSR count). The Bertz CT molecular complexity index is 1240. The van der Waals surface area contributed by atoms with E-state index in [1.54, 1.807) is 6.07 Å². The predicted molar refractivity (Wildman–Crippen MR) is 115 cm³/mol. The zero-order valence-corrected chi connectivity index (χ0v) is 16.2. The van der Waals surface area contributed by atoms with E-state index in [0.717, 1.165) is 35.4 Å². The third-order valence-electron chi connectivity index (χ3n) is 5.19. The number of carbonyl (C=O) groups is 1. The third-order valence-corrected chi connectivity index (χ3v) is 5.19. The maximum Gasteiger partial charge on any atom is 0.286 e.